The van der Waals surface area contributed by atoms with Crippen LogP contribution in [0.3, 0.4) is 0 Å². The fourth-order valence-corrected chi connectivity index (χ4v) is 4.05. The number of esters is 2. The van der Waals surface area contributed by atoms with Gasteiger partial charge in [0.15, 0.2) is 11.1 Å². The van der Waals surface area contributed by atoms with E-state index in [-0.39, 0.29) is 30.7 Å². The zero-order chi connectivity index (χ0) is 29.8. The molecule has 216 valence electrons. The number of carbonyl (C=O) groups excluding carboxylic acids is 2. The first-order valence-corrected chi connectivity index (χ1v) is 12.6. The number of aromatic nitrogens is 4. The van der Waals surface area contributed by atoms with E-state index in [1.54, 1.807) is 42.8 Å². The van der Waals surface area contributed by atoms with Crippen LogP contribution in [0, 0.1) is 6.92 Å². The molecule has 0 bridgehead atoms. The molecule has 0 aliphatic heterocycles. The maximum atomic E-state index is 12.8. The third-order valence-corrected chi connectivity index (χ3v) is 6.18. The van der Waals surface area contributed by atoms with Crippen LogP contribution in [-0.2, 0) is 31.0 Å². The van der Waals surface area contributed by atoms with E-state index in [1.165, 1.54) is 19.1 Å². The molecule has 0 amide bonds. The van der Waals surface area contributed by atoms with Crippen LogP contribution in [0.2, 0.25) is 0 Å². The highest BCUT2D eigenvalue weighted by atomic mass is 19.4. The zero-order valence-electron chi connectivity index (χ0n) is 22.7. The number of rotatable bonds is 10. The minimum absolute atomic E-state index is 0.109. The third-order valence-electron chi connectivity index (χ3n) is 6.18. The molecule has 0 atom stereocenters. The van der Waals surface area contributed by atoms with Crippen LogP contribution in [-0.4, -0.2) is 51.4 Å². The first-order chi connectivity index (χ1) is 19.4. The van der Waals surface area contributed by atoms with Crippen molar-refractivity contribution in [2.45, 2.75) is 46.0 Å². The van der Waals surface area contributed by atoms with Gasteiger partial charge < -0.3 is 18.7 Å². The number of hydrogen-bond donors (Lipinski definition) is 0. The summed E-state index contributed by atoms with van der Waals surface area (Å²) >= 11 is 0. The second-order valence-electron chi connectivity index (χ2n) is 9.09. The maximum Gasteiger partial charge on any atom is 0.573 e. The molecular weight excluding hydrogens is 545 g/mol. The van der Waals surface area contributed by atoms with E-state index < -0.39 is 23.7 Å². The molecule has 41 heavy (non-hydrogen) atoms. The fourth-order valence-electron chi connectivity index (χ4n) is 4.05. The van der Waals surface area contributed by atoms with Gasteiger partial charge in [-0.05, 0) is 69.2 Å². The van der Waals surface area contributed by atoms with Gasteiger partial charge in [-0.3, -0.25) is 14.3 Å². The van der Waals surface area contributed by atoms with Crippen molar-refractivity contribution >= 4 is 11.9 Å². The lowest BCUT2D eigenvalue weighted by molar-refractivity contribution is -0.274. The summed E-state index contributed by atoms with van der Waals surface area (Å²) in [5.74, 6) is -1.50. The van der Waals surface area contributed by atoms with Crippen LogP contribution in [0.25, 0.3) is 23.0 Å². The number of ether oxygens (including phenoxy) is 3. The van der Waals surface area contributed by atoms with Gasteiger partial charge in [-0.1, -0.05) is 29.4 Å². The standard InChI is InChI=1S/C28H27F3N4O6/c1-5-38-25(36)27(4,26(37)39-6-2)20-9-7-8-18(15-20)16-35-17(3)14-22(33-35)24-32-23(34-41-24)19-10-12-21(13-11-19)40-28(29,30)31/h7-15H,5-6,16H2,1-4H3. The van der Waals surface area contributed by atoms with Crippen LogP contribution >= 0.6 is 0 Å². The van der Waals surface area contributed by atoms with Crippen molar-refractivity contribution < 1.29 is 41.5 Å². The normalized spacial score (nSPS) is 11.8. The van der Waals surface area contributed by atoms with Crippen molar-refractivity contribution in [3.63, 3.8) is 0 Å². The predicted molar refractivity (Wildman–Crippen MR) is 139 cm³/mol. The number of alkyl halides is 3. The number of halogens is 3. The van der Waals surface area contributed by atoms with E-state index >= 15 is 0 Å². The third kappa shape index (κ3) is 6.56. The van der Waals surface area contributed by atoms with E-state index in [0.29, 0.717) is 23.4 Å². The Morgan fingerprint density at radius 2 is 1.63 bits per heavy atom. The highest BCUT2D eigenvalue weighted by Crippen LogP contribution is 2.30. The van der Waals surface area contributed by atoms with Crippen LogP contribution in [0.5, 0.6) is 5.75 Å². The Morgan fingerprint density at radius 3 is 2.24 bits per heavy atom. The molecule has 0 saturated heterocycles. The Morgan fingerprint density at radius 1 is 0.976 bits per heavy atom. The molecule has 2 aromatic carbocycles. The van der Waals surface area contributed by atoms with Gasteiger partial charge in [0, 0.05) is 11.3 Å². The van der Waals surface area contributed by atoms with Gasteiger partial charge in [0.1, 0.15) is 5.75 Å². The van der Waals surface area contributed by atoms with Crippen molar-refractivity contribution in [3.8, 4) is 28.7 Å². The molecule has 0 radical (unpaired) electrons. The summed E-state index contributed by atoms with van der Waals surface area (Å²) in [4.78, 5) is 30.0. The molecule has 10 nitrogen and oxygen atoms in total. The molecule has 0 spiro atoms. The molecule has 0 N–H and O–H groups in total. The molecule has 2 aromatic heterocycles. The van der Waals surface area contributed by atoms with Gasteiger partial charge in [-0.15, -0.1) is 13.2 Å². The molecule has 0 fully saturated rings. The lowest BCUT2D eigenvalue weighted by Crippen LogP contribution is -2.43. The van der Waals surface area contributed by atoms with E-state index in [2.05, 4.69) is 20.0 Å². The minimum Gasteiger partial charge on any atom is -0.465 e. The summed E-state index contributed by atoms with van der Waals surface area (Å²) in [6.45, 7) is 7.14. The Labute approximate surface area is 233 Å². The second-order valence-corrected chi connectivity index (χ2v) is 9.09. The number of nitrogens with zero attached hydrogens (tertiary/aromatic N) is 4. The Bertz CT molecular complexity index is 1510. The Kier molecular flexibility index (Phi) is 8.45. The van der Waals surface area contributed by atoms with Crippen molar-refractivity contribution in [2.75, 3.05) is 13.2 Å². The number of hydrogen-bond acceptors (Lipinski definition) is 9. The second kappa shape index (κ2) is 11.8. The summed E-state index contributed by atoms with van der Waals surface area (Å²) in [6, 6.07) is 13.8. The highest BCUT2D eigenvalue weighted by Gasteiger charge is 2.46. The van der Waals surface area contributed by atoms with Crippen LogP contribution < -0.4 is 4.74 Å². The number of benzene rings is 2. The van der Waals surface area contributed by atoms with Crippen LogP contribution in [0.4, 0.5) is 13.2 Å². The Hall–Kier alpha value is -4.68. The van der Waals surface area contributed by atoms with E-state index in [0.717, 1.165) is 23.4 Å². The summed E-state index contributed by atoms with van der Waals surface area (Å²) in [6.07, 6.45) is -4.79. The average molecular weight is 573 g/mol. The molecule has 0 aliphatic carbocycles. The van der Waals surface area contributed by atoms with Crippen molar-refractivity contribution in [1.82, 2.24) is 19.9 Å². The van der Waals surface area contributed by atoms with Gasteiger partial charge in [-0.2, -0.15) is 10.1 Å². The maximum absolute atomic E-state index is 12.8. The Balaban J connectivity index is 1.55. The van der Waals surface area contributed by atoms with E-state index in [1.807, 2.05) is 13.0 Å². The smallest absolute Gasteiger partial charge is 0.465 e. The van der Waals surface area contributed by atoms with Crippen LogP contribution in [0.1, 0.15) is 37.6 Å². The van der Waals surface area contributed by atoms with Gasteiger partial charge in [0.25, 0.3) is 5.89 Å². The van der Waals surface area contributed by atoms with Gasteiger partial charge in [0.2, 0.25) is 5.82 Å². The fraction of sp³-hybridized carbons (Fsp3) is 0.321. The van der Waals surface area contributed by atoms with E-state index in [9.17, 15) is 22.8 Å². The first kappa shape index (κ1) is 29.3. The largest absolute Gasteiger partial charge is 0.573 e. The number of aryl methyl sites for hydroxylation is 1. The molecular formula is C28H27F3N4O6. The molecule has 4 aromatic rings. The minimum atomic E-state index is -4.79. The molecule has 0 saturated carbocycles. The SMILES string of the molecule is CCOC(=O)C(C)(C(=O)OCC)c1cccc(Cn2nc(-c3nc(-c4ccc(OC(F)(F)F)cc4)no3)cc2C)c1. The molecule has 13 heteroatoms. The quantitative estimate of drug-likeness (QED) is 0.186. The number of carbonyl (C=O) groups is 2. The summed E-state index contributed by atoms with van der Waals surface area (Å²) in [5.41, 5.74) is 1.10. The lowest BCUT2D eigenvalue weighted by atomic mass is 9.81. The van der Waals surface area contributed by atoms with E-state index in [4.69, 9.17) is 14.0 Å². The molecule has 0 unspecified atom stereocenters. The summed E-state index contributed by atoms with van der Waals surface area (Å²) in [7, 11) is 0. The van der Waals surface area contributed by atoms with Gasteiger partial charge >= 0.3 is 18.3 Å². The summed E-state index contributed by atoms with van der Waals surface area (Å²) in [5, 5.41) is 8.46. The first-order valence-electron chi connectivity index (χ1n) is 12.6. The lowest BCUT2D eigenvalue weighted by Gasteiger charge is -2.26. The van der Waals surface area contributed by atoms with Crippen molar-refractivity contribution in [1.29, 1.82) is 0 Å². The molecule has 4 rings (SSSR count). The van der Waals surface area contributed by atoms with Crippen molar-refractivity contribution in [2.24, 2.45) is 0 Å². The van der Waals surface area contributed by atoms with Crippen molar-refractivity contribution in [3.05, 3.63) is 71.4 Å². The zero-order valence-corrected chi connectivity index (χ0v) is 22.7. The molecule has 0 aliphatic rings. The van der Waals surface area contributed by atoms with Gasteiger partial charge in [0.05, 0.1) is 19.8 Å². The highest BCUT2D eigenvalue weighted by molar-refractivity contribution is 6.05. The summed E-state index contributed by atoms with van der Waals surface area (Å²) < 4.78 is 58.5. The predicted octanol–water partition coefficient (Wildman–Crippen LogP) is 5.24. The van der Waals surface area contributed by atoms with Crippen LogP contribution in [0.15, 0.2) is 59.1 Å². The average Bonchev–Trinajstić information content (AvgIpc) is 3.55. The van der Waals surface area contributed by atoms with Gasteiger partial charge in [-0.25, -0.2) is 0 Å². The monoisotopic (exact) mass is 572 g/mol. The topological polar surface area (TPSA) is 119 Å². The molecule has 2 heterocycles.